The molecule has 176 valence electrons. The number of benzene rings is 1. The van der Waals surface area contributed by atoms with Gasteiger partial charge in [-0.05, 0) is 54.6 Å². The van der Waals surface area contributed by atoms with Gasteiger partial charge in [-0.25, -0.2) is 14.6 Å². The Morgan fingerprint density at radius 2 is 2.00 bits per heavy atom. The Morgan fingerprint density at radius 3 is 2.71 bits per heavy atom. The number of hydrogen-bond donors (Lipinski definition) is 2. The molecule has 3 aromatic rings. The van der Waals surface area contributed by atoms with Crippen molar-refractivity contribution >= 4 is 29.2 Å². The maximum absolute atomic E-state index is 12.6. The third-order valence-corrected chi connectivity index (χ3v) is 6.50. The minimum atomic E-state index is -1.16. The van der Waals surface area contributed by atoms with E-state index in [2.05, 4.69) is 10.3 Å². The van der Waals surface area contributed by atoms with Gasteiger partial charge in [0, 0.05) is 34.5 Å². The SMILES string of the molecule is CCCNC(=O)c1ccc(-c2cc3c(cc2C(=O)O)-c2sccc2C[C@@H](C)O3)c(C(=O)OC)n1. The zero-order chi connectivity index (χ0) is 24.4. The fourth-order valence-electron chi connectivity index (χ4n) is 3.94. The average molecular weight is 481 g/mol. The van der Waals surface area contributed by atoms with E-state index in [9.17, 15) is 19.5 Å². The molecule has 2 N–H and O–H groups in total. The van der Waals surface area contributed by atoms with Gasteiger partial charge >= 0.3 is 11.9 Å². The van der Waals surface area contributed by atoms with Crippen LogP contribution < -0.4 is 10.1 Å². The number of methoxy groups -OCH3 is 1. The molecule has 9 heteroatoms. The van der Waals surface area contributed by atoms with Crippen molar-refractivity contribution in [1.29, 1.82) is 0 Å². The summed E-state index contributed by atoms with van der Waals surface area (Å²) in [5, 5.41) is 14.7. The summed E-state index contributed by atoms with van der Waals surface area (Å²) in [4.78, 5) is 42.5. The van der Waals surface area contributed by atoms with Gasteiger partial charge in [0.05, 0.1) is 12.7 Å². The highest BCUT2D eigenvalue weighted by Crippen LogP contribution is 2.44. The van der Waals surface area contributed by atoms with Crippen molar-refractivity contribution in [3.63, 3.8) is 0 Å². The van der Waals surface area contributed by atoms with E-state index in [1.54, 1.807) is 12.1 Å². The van der Waals surface area contributed by atoms with Crippen LogP contribution in [0.1, 0.15) is 57.2 Å². The lowest BCUT2D eigenvalue weighted by molar-refractivity contribution is 0.0593. The molecular formula is C25H24N2O6S. The van der Waals surface area contributed by atoms with E-state index in [4.69, 9.17) is 9.47 Å². The van der Waals surface area contributed by atoms with Gasteiger partial charge in [0.15, 0.2) is 5.69 Å². The molecule has 0 saturated heterocycles. The van der Waals surface area contributed by atoms with Crippen LogP contribution in [0.4, 0.5) is 0 Å². The second kappa shape index (κ2) is 9.64. The summed E-state index contributed by atoms with van der Waals surface area (Å²) >= 11 is 1.52. The molecule has 0 spiro atoms. The molecule has 0 bridgehead atoms. The minimum Gasteiger partial charge on any atom is -0.490 e. The van der Waals surface area contributed by atoms with Crippen LogP contribution in [0.25, 0.3) is 21.6 Å². The number of nitrogens with one attached hydrogen (secondary N) is 1. The molecule has 4 rings (SSSR count). The van der Waals surface area contributed by atoms with Crippen LogP contribution in [0.3, 0.4) is 0 Å². The maximum Gasteiger partial charge on any atom is 0.357 e. The number of carbonyl (C=O) groups is 3. The van der Waals surface area contributed by atoms with E-state index in [0.717, 1.165) is 16.9 Å². The smallest absolute Gasteiger partial charge is 0.357 e. The number of amides is 1. The van der Waals surface area contributed by atoms with Crippen LogP contribution in [0.5, 0.6) is 5.75 Å². The van der Waals surface area contributed by atoms with Gasteiger partial charge in [0.2, 0.25) is 0 Å². The summed E-state index contributed by atoms with van der Waals surface area (Å²) in [7, 11) is 1.20. The Balaban J connectivity index is 1.91. The van der Waals surface area contributed by atoms with E-state index in [1.807, 2.05) is 25.3 Å². The van der Waals surface area contributed by atoms with Gasteiger partial charge in [-0.3, -0.25) is 4.79 Å². The lowest BCUT2D eigenvalue weighted by Crippen LogP contribution is -2.25. The van der Waals surface area contributed by atoms with E-state index in [0.29, 0.717) is 24.3 Å². The maximum atomic E-state index is 12.6. The first-order chi connectivity index (χ1) is 16.3. The number of fused-ring (bicyclic) bond motifs is 3. The summed E-state index contributed by atoms with van der Waals surface area (Å²) in [6.45, 7) is 4.33. The van der Waals surface area contributed by atoms with Gasteiger partial charge < -0.3 is 19.9 Å². The summed E-state index contributed by atoms with van der Waals surface area (Å²) < 4.78 is 11.0. The third kappa shape index (κ3) is 4.38. The molecule has 8 nitrogen and oxygen atoms in total. The van der Waals surface area contributed by atoms with Crippen LogP contribution in [0.15, 0.2) is 35.7 Å². The van der Waals surface area contributed by atoms with Crippen molar-refractivity contribution in [3.05, 3.63) is 58.2 Å². The molecule has 0 fully saturated rings. The van der Waals surface area contributed by atoms with Crippen molar-refractivity contribution in [2.45, 2.75) is 32.8 Å². The Morgan fingerprint density at radius 1 is 1.21 bits per heavy atom. The van der Waals surface area contributed by atoms with E-state index in [1.165, 1.54) is 30.6 Å². The van der Waals surface area contributed by atoms with Crippen LogP contribution in [0, 0.1) is 0 Å². The Kier molecular flexibility index (Phi) is 6.65. The highest BCUT2D eigenvalue weighted by Gasteiger charge is 2.27. The Hall–Kier alpha value is -3.72. The lowest BCUT2D eigenvalue weighted by atomic mass is 9.94. The number of nitrogens with zero attached hydrogens (tertiary/aromatic N) is 1. The normalized spacial score (nSPS) is 14.3. The fourth-order valence-corrected chi connectivity index (χ4v) is 4.90. The molecule has 1 aliphatic heterocycles. The van der Waals surface area contributed by atoms with Gasteiger partial charge in [0.1, 0.15) is 17.5 Å². The van der Waals surface area contributed by atoms with E-state index >= 15 is 0 Å². The minimum absolute atomic E-state index is 0.00797. The summed E-state index contributed by atoms with van der Waals surface area (Å²) in [5.74, 6) is -1.84. The third-order valence-electron chi connectivity index (χ3n) is 5.51. The Bertz CT molecular complexity index is 1280. The average Bonchev–Trinajstić information content (AvgIpc) is 3.23. The predicted molar refractivity (Wildman–Crippen MR) is 128 cm³/mol. The molecule has 1 atom stereocenters. The highest BCUT2D eigenvalue weighted by atomic mass is 32.1. The van der Waals surface area contributed by atoms with Crippen LogP contribution in [-0.4, -0.2) is 47.7 Å². The first kappa shape index (κ1) is 23.4. The van der Waals surface area contributed by atoms with E-state index in [-0.39, 0.29) is 34.2 Å². The summed E-state index contributed by atoms with van der Waals surface area (Å²) in [6, 6.07) is 8.20. The molecule has 1 aromatic carbocycles. The fraction of sp³-hybridized carbons (Fsp3) is 0.280. The quantitative estimate of drug-likeness (QED) is 0.502. The number of pyridine rings is 1. The number of carboxylic acids is 1. The topological polar surface area (TPSA) is 115 Å². The number of carbonyl (C=O) groups excluding carboxylic acids is 2. The first-order valence-electron chi connectivity index (χ1n) is 10.9. The number of esters is 1. The number of rotatable bonds is 6. The zero-order valence-corrected chi connectivity index (χ0v) is 19.8. The molecule has 0 unspecified atom stereocenters. The number of hydrogen-bond acceptors (Lipinski definition) is 7. The van der Waals surface area contributed by atoms with Crippen LogP contribution in [-0.2, 0) is 11.2 Å². The standard InChI is InChI=1S/C25H24N2O6S/c1-4-8-26-23(28)19-6-5-15(21(27-19)25(31)32-3)16-12-20-18(11-17(16)24(29)30)22-14(7-9-34-22)10-13(2)33-20/h5-7,9,11-13H,4,8,10H2,1-3H3,(H,26,28)(H,29,30)/t13-/m1/s1. The number of aromatic nitrogens is 1. The molecular weight excluding hydrogens is 456 g/mol. The summed E-state index contributed by atoms with van der Waals surface area (Å²) in [6.07, 6.45) is 1.32. The number of thiophene rings is 1. The van der Waals surface area contributed by atoms with Gasteiger partial charge in [-0.1, -0.05) is 6.92 Å². The largest absolute Gasteiger partial charge is 0.490 e. The second-order valence-corrected chi connectivity index (χ2v) is 8.86. The number of carboxylic acid groups (broad SMARTS) is 1. The molecule has 0 aliphatic carbocycles. The Labute approximate surface area is 200 Å². The molecule has 1 amide bonds. The molecule has 34 heavy (non-hydrogen) atoms. The number of ether oxygens (including phenoxy) is 2. The highest BCUT2D eigenvalue weighted by molar-refractivity contribution is 7.13. The van der Waals surface area contributed by atoms with Crippen LogP contribution in [0.2, 0.25) is 0 Å². The van der Waals surface area contributed by atoms with Crippen LogP contribution >= 0.6 is 11.3 Å². The predicted octanol–water partition coefficient (Wildman–Crippen LogP) is 4.43. The lowest BCUT2D eigenvalue weighted by Gasteiger charge is -2.17. The van der Waals surface area contributed by atoms with Gasteiger partial charge in [-0.15, -0.1) is 11.3 Å². The first-order valence-corrected chi connectivity index (χ1v) is 11.7. The van der Waals surface area contributed by atoms with Crippen molar-refractivity contribution in [2.75, 3.05) is 13.7 Å². The molecule has 1 aliphatic rings. The molecule has 0 saturated carbocycles. The summed E-state index contributed by atoms with van der Waals surface area (Å²) in [5.41, 5.74) is 2.17. The van der Waals surface area contributed by atoms with Crippen molar-refractivity contribution in [3.8, 4) is 27.3 Å². The monoisotopic (exact) mass is 480 g/mol. The zero-order valence-electron chi connectivity index (χ0n) is 19.0. The van der Waals surface area contributed by atoms with E-state index < -0.39 is 17.8 Å². The van der Waals surface area contributed by atoms with Crippen molar-refractivity contribution in [2.24, 2.45) is 0 Å². The molecule has 3 heterocycles. The van der Waals surface area contributed by atoms with Crippen molar-refractivity contribution in [1.82, 2.24) is 10.3 Å². The number of aromatic carboxylic acids is 1. The second-order valence-electron chi connectivity index (χ2n) is 7.95. The molecule has 0 radical (unpaired) electrons. The molecule has 2 aromatic heterocycles. The van der Waals surface area contributed by atoms with Gasteiger partial charge in [0.25, 0.3) is 5.91 Å². The van der Waals surface area contributed by atoms with Crippen molar-refractivity contribution < 1.29 is 29.0 Å². The van der Waals surface area contributed by atoms with Gasteiger partial charge in [-0.2, -0.15) is 0 Å².